The Morgan fingerprint density at radius 2 is 1.88 bits per heavy atom. The fraction of sp³-hybridized carbons (Fsp3) is 0.474. The van der Waals surface area contributed by atoms with Gasteiger partial charge < -0.3 is 0 Å². The van der Waals surface area contributed by atoms with Crippen molar-refractivity contribution < 1.29 is 13.2 Å². The van der Waals surface area contributed by atoms with Gasteiger partial charge in [-0.2, -0.15) is 5.10 Å². The molecular formula is C19H25N3O3S. The summed E-state index contributed by atoms with van der Waals surface area (Å²) in [6.07, 6.45) is 4.34. The van der Waals surface area contributed by atoms with E-state index in [2.05, 4.69) is 30.6 Å². The molecule has 140 valence electrons. The predicted molar refractivity (Wildman–Crippen MR) is 99.7 cm³/mol. The van der Waals surface area contributed by atoms with Crippen LogP contribution in [0.2, 0.25) is 0 Å². The monoisotopic (exact) mass is 375 g/mol. The van der Waals surface area contributed by atoms with Crippen LogP contribution >= 0.6 is 0 Å². The Hall–Kier alpha value is -1.99. The van der Waals surface area contributed by atoms with Gasteiger partial charge in [-0.05, 0) is 59.1 Å². The van der Waals surface area contributed by atoms with E-state index in [0.717, 1.165) is 30.5 Å². The van der Waals surface area contributed by atoms with Crippen LogP contribution in [0, 0.1) is 0 Å². The molecule has 7 heteroatoms. The Morgan fingerprint density at radius 3 is 2.46 bits per heavy atom. The number of ketones is 1. The molecule has 6 nitrogen and oxygen atoms in total. The third-order valence-corrected chi connectivity index (χ3v) is 6.17. The molecule has 2 aromatic rings. The minimum Gasteiger partial charge on any atom is -0.295 e. The highest BCUT2D eigenvalue weighted by Crippen LogP contribution is 2.33. The summed E-state index contributed by atoms with van der Waals surface area (Å²) in [6, 6.07) is 5.75. The summed E-state index contributed by atoms with van der Waals surface area (Å²) < 4.78 is 30.3. The number of nitrogens with one attached hydrogen (secondary N) is 1. The number of hydrogen-bond donors (Lipinski definition) is 1. The molecule has 0 fully saturated rings. The predicted octanol–water partition coefficient (Wildman–Crippen LogP) is 3.20. The lowest BCUT2D eigenvalue weighted by Gasteiger charge is -2.28. The van der Waals surface area contributed by atoms with E-state index in [1.165, 1.54) is 19.1 Å². The van der Waals surface area contributed by atoms with Crippen LogP contribution in [-0.4, -0.2) is 24.0 Å². The van der Waals surface area contributed by atoms with Gasteiger partial charge in [0.05, 0.1) is 22.7 Å². The first-order valence-electron chi connectivity index (χ1n) is 8.80. The van der Waals surface area contributed by atoms with Crippen LogP contribution in [0.15, 0.2) is 35.4 Å². The van der Waals surface area contributed by atoms with Crippen molar-refractivity contribution in [2.24, 2.45) is 0 Å². The maximum Gasteiger partial charge on any atom is 0.241 e. The molecule has 1 heterocycles. The summed E-state index contributed by atoms with van der Waals surface area (Å²) in [4.78, 5) is 11.5. The zero-order valence-electron chi connectivity index (χ0n) is 15.6. The summed E-state index contributed by atoms with van der Waals surface area (Å²) in [7, 11) is -3.67. The Morgan fingerprint density at radius 1 is 1.23 bits per heavy atom. The largest absolute Gasteiger partial charge is 0.295 e. The van der Waals surface area contributed by atoms with Gasteiger partial charge in [0.15, 0.2) is 5.78 Å². The number of carbonyl (C=O) groups is 1. The number of benzene rings is 1. The fourth-order valence-corrected chi connectivity index (χ4v) is 4.63. The lowest BCUT2D eigenvalue weighted by molar-refractivity contribution is 0.101. The lowest BCUT2D eigenvalue weighted by atomic mass is 9.93. The number of sulfonamides is 1. The van der Waals surface area contributed by atoms with Crippen LogP contribution in [0.25, 0.3) is 0 Å². The molecule has 1 N–H and O–H groups in total. The molecule has 3 rings (SSSR count). The van der Waals surface area contributed by atoms with Crippen molar-refractivity contribution in [2.75, 3.05) is 0 Å². The van der Waals surface area contributed by atoms with Crippen molar-refractivity contribution in [3.8, 4) is 0 Å². The number of Topliss-reactive ketones (excluding diaryl/α,β-unsaturated/α-hetero) is 1. The molecule has 1 unspecified atom stereocenters. The smallest absolute Gasteiger partial charge is 0.241 e. The number of fused-ring (bicyclic) bond motifs is 1. The molecule has 0 bridgehead atoms. The first-order chi connectivity index (χ1) is 12.1. The van der Waals surface area contributed by atoms with E-state index >= 15 is 0 Å². The quantitative estimate of drug-likeness (QED) is 0.832. The van der Waals surface area contributed by atoms with Crippen molar-refractivity contribution >= 4 is 15.8 Å². The van der Waals surface area contributed by atoms with Crippen LogP contribution in [0.5, 0.6) is 0 Å². The van der Waals surface area contributed by atoms with Gasteiger partial charge in [-0.3, -0.25) is 9.48 Å². The van der Waals surface area contributed by atoms with E-state index in [9.17, 15) is 13.2 Å². The topological polar surface area (TPSA) is 81.1 Å². The van der Waals surface area contributed by atoms with Gasteiger partial charge in [0.2, 0.25) is 10.0 Å². The molecule has 1 aromatic heterocycles. The van der Waals surface area contributed by atoms with E-state index in [1.807, 2.05) is 4.68 Å². The molecule has 0 saturated heterocycles. The van der Waals surface area contributed by atoms with Gasteiger partial charge >= 0.3 is 0 Å². The van der Waals surface area contributed by atoms with Crippen LogP contribution in [0.1, 0.15) is 68.2 Å². The summed E-state index contributed by atoms with van der Waals surface area (Å²) >= 11 is 0. The highest BCUT2D eigenvalue weighted by molar-refractivity contribution is 7.89. The van der Waals surface area contributed by atoms with E-state index in [-0.39, 0.29) is 22.3 Å². The zero-order valence-corrected chi connectivity index (χ0v) is 16.4. The van der Waals surface area contributed by atoms with Crippen molar-refractivity contribution in [2.45, 2.75) is 63.4 Å². The molecule has 0 amide bonds. The number of hydrogen-bond acceptors (Lipinski definition) is 4. The van der Waals surface area contributed by atoms with Crippen molar-refractivity contribution in [3.05, 3.63) is 47.3 Å². The molecule has 0 spiro atoms. The van der Waals surface area contributed by atoms with Gasteiger partial charge in [-0.1, -0.05) is 12.1 Å². The Kier molecular flexibility index (Phi) is 4.79. The average Bonchev–Trinajstić information content (AvgIpc) is 3.00. The van der Waals surface area contributed by atoms with Gasteiger partial charge in [0.25, 0.3) is 0 Å². The number of nitrogens with zero attached hydrogens (tertiary/aromatic N) is 2. The number of rotatable bonds is 4. The van der Waals surface area contributed by atoms with Crippen LogP contribution < -0.4 is 4.72 Å². The number of carbonyl (C=O) groups excluding carboxylic acids is 1. The van der Waals surface area contributed by atoms with Gasteiger partial charge in [-0.15, -0.1) is 0 Å². The van der Waals surface area contributed by atoms with Gasteiger partial charge in [0, 0.05) is 16.8 Å². The third kappa shape index (κ3) is 3.59. The zero-order chi connectivity index (χ0) is 19.1. The summed E-state index contributed by atoms with van der Waals surface area (Å²) in [6.45, 7) is 7.72. The standard InChI is InChI=1S/C19H25N3O3S/c1-13(23)14-8-10-15(11-9-14)26(24,25)21-17-6-5-7-18-16(17)12-20-22(18)19(2,3)4/h8-12,17,21H,5-7H2,1-4H3. The maximum absolute atomic E-state index is 12.8. The molecule has 0 saturated carbocycles. The minimum atomic E-state index is -3.67. The normalized spacial score (nSPS) is 17.8. The van der Waals surface area contributed by atoms with Gasteiger partial charge in [0.1, 0.15) is 0 Å². The number of aromatic nitrogens is 2. The second-order valence-electron chi connectivity index (χ2n) is 7.78. The molecule has 1 aliphatic carbocycles. The van der Waals surface area contributed by atoms with Crippen LogP contribution in [-0.2, 0) is 22.0 Å². The highest BCUT2D eigenvalue weighted by atomic mass is 32.2. The van der Waals surface area contributed by atoms with E-state index in [1.54, 1.807) is 18.3 Å². The summed E-state index contributed by atoms with van der Waals surface area (Å²) in [5, 5.41) is 4.50. The highest BCUT2D eigenvalue weighted by Gasteiger charge is 2.30. The first-order valence-corrected chi connectivity index (χ1v) is 10.3. The third-order valence-electron chi connectivity index (χ3n) is 4.69. The van der Waals surface area contributed by atoms with Crippen molar-refractivity contribution in [1.29, 1.82) is 0 Å². The molecule has 1 aliphatic rings. The fourth-order valence-electron chi connectivity index (χ4n) is 3.38. The second-order valence-corrected chi connectivity index (χ2v) is 9.49. The maximum atomic E-state index is 12.8. The van der Waals surface area contributed by atoms with Crippen molar-refractivity contribution in [3.63, 3.8) is 0 Å². The van der Waals surface area contributed by atoms with E-state index in [4.69, 9.17) is 0 Å². The Labute approximate surface area is 154 Å². The first kappa shape index (κ1) is 18.8. The lowest BCUT2D eigenvalue weighted by Crippen LogP contribution is -2.32. The summed E-state index contributed by atoms with van der Waals surface area (Å²) in [5.74, 6) is -0.0894. The molecule has 1 aromatic carbocycles. The van der Waals surface area contributed by atoms with E-state index in [0.29, 0.717) is 5.56 Å². The van der Waals surface area contributed by atoms with E-state index < -0.39 is 10.0 Å². The Bertz CT molecular complexity index is 922. The summed E-state index contributed by atoms with van der Waals surface area (Å²) in [5.41, 5.74) is 2.41. The molecule has 1 atom stereocenters. The molecule has 0 radical (unpaired) electrons. The van der Waals surface area contributed by atoms with Crippen LogP contribution in [0.4, 0.5) is 0 Å². The molecular weight excluding hydrogens is 350 g/mol. The Balaban J connectivity index is 1.88. The van der Waals surface area contributed by atoms with Crippen molar-refractivity contribution in [1.82, 2.24) is 14.5 Å². The molecule has 26 heavy (non-hydrogen) atoms. The van der Waals surface area contributed by atoms with Crippen LogP contribution in [0.3, 0.4) is 0 Å². The molecule has 0 aliphatic heterocycles. The SMILES string of the molecule is CC(=O)c1ccc(S(=O)(=O)NC2CCCc3c2cnn3C(C)(C)C)cc1. The average molecular weight is 375 g/mol. The minimum absolute atomic E-state index is 0.0894. The second kappa shape index (κ2) is 6.63. The van der Waals surface area contributed by atoms with Gasteiger partial charge in [-0.25, -0.2) is 13.1 Å².